The Morgan fingerprint density at radius 3 is 2.15 bits per heavy atom. The standard InChI is InChI=1S/C16H28F2O2/c1-11-4-6-13(7-5-11)16(17,18)20-15-9-8-14(19-3)10-12(15)2/h11-15H,4-10H2,1-3H3. The second-order valence-electron chi connectivity index (χ2n) is 6.82. The molecule has 2 nitrogen and oxygen atoms in total. The van der Waals surface area contributed by atoms with E-state index in [9.17, 15) is 8.78 Å². The van der Waals surface area contributed by atoms with Crippen LogP contribution in [0.25, 0.3) is 0 Å². The number of rotatable bonds is 4. The van der Waals surface area contributed by atoms with Crippen molar-refractivity contribution in [2.24, 2.45) is 17.8 Å². The molecular formula is C16H28F2O2. The Balaban J connectivity index is 1.88. The Kier molecular flexibility index (Phi) is 5.41. The first-order valence-corrected chi connectivity index (χ1v) is 8.00. The van der Waals surface area contributed by atoms with Gasteiger partial charge in [0, 0.05) is 7.11 Å². The highest BCUT2D eigenvalue weighted by atomic mass is 19.3. The van der Waals surface area contributed by atoms with Gasteiger partial charge in [0.25, 0.3) is 0 Å². The molecule has 20 heavy (non-hydrogen) atoms. The van der Waals surface area contributed by atoms with Crippen LogP contribution in [0.4, 0.5) is 8.78 Å². The summed E-state index contributed by atoms with van der Waals surface area (Å²) in [6.07, 6.45) is 2.22. The van der Waals surface area contributed by atoms with Gasteiger partial charge in [0.2, 0.25) is 0 Å². The summed E-state index contributed by atoms with van der Waals surface area (Å²) in [5, 5.41) is 0. The molecule has 0 aromatic heterocycles. The third kappa shape index (κ3) is 3.91. The van der Waals surface area contributed by atoms with Crippen LogP contribution in [0.15, 0.2) is 0 Å². The molecule has 0 amide bonds. The van der Waals surface area contributed by atoms with Crippen molar-refractivity contribution in [2.45, 2.75) is 77.1 Å². The molecule has 2 aliphatic carbocycles. The highest BCUT2D eigenvalue weighted by molar-refractivity contribution is 4.82. The van der Waals surface area contributed by atoms with Gasteiger partial charge in [-0.05, 0) is 43.9 Å². The van der Waals surface area contributed by atoms with Gasteiger partial charge in [-0.3, -0.25) is 0 Å². The molecule has 0 heterocycles. The first-order chi connectivity index (χ1) is 9.42. The predicted octanol–water partition coefficient (Wildman–Crippen LogP) is 4.63. The van der Waals surface area contributed by atoms with Gasteiger partial charge in [-0.25, -0.2) is 0 Å². The summed E-state index contributed by atoms with van der Waals surface area (Å²) in [5.74, 6) is 0.131. The molecule has 0 aromatic rings. The number of halogens is 2. The smallest absolute Gasteiger partial charge is 0.358 e. The fraction of sp³-hybridized carbons (Fsp3) is 1.00. The topological polar surface area (TPSA) is 18.5 Å². The average molecular weight is 290 g/mol. The lowest BCUT2D eigenvalue weighted by Crippen LogP contribution is -2.42. The lowest BCUT2D eigenvalue weighted by Gasteiger charge is -2.38. The molecule has 2 fully saturated rings. The minimum atomic E-state index is -2.96. The molecule has 118 valence electrons. The van der Waals surface area contributed by atoms with E-state index in [2.05, 4.69) is 6.92 Å². The van der Waals surface area contributed by atoms with Gasteiger partial charge in [-0.15, -0.1) is 0 Å². The van der Waals surface area contributed by atoms with Crippen LogP contribution >= 0.6 is 0 Å². The summed E-state index contributed by atoms with van der Waals surface area (Å²) in [4.78, 5) is 0. The molecule has 0 bridgehead atoms. The van der Waals surface area contributed by atoms with E-state index >= 15 is 0 Å². The number of methoxy groups -OCH3 is 1. The van der Waals surface area contributed by atoms with Gasteiger partial charge in [-0.1, -0.05) is 26.7 Å². The van der Waals surface area contributed by atoms with E-state index in [-0.39, 0.29) is 18.1 Å². The van der Waals surface area contributed by atoms with Crippen LogP contribution in [0.2, 0.25) is 0 Å². The molecule has 0 spiro atoms. The van der Waals surface area contributed by atoms with Crippen LogP contribution < -0.4 is 0 Å². The Morgan fingerprint density at radius 2 is 1.60 bits per heavy atom. The first kappa shape index (κ1) is 16.2. The van der Waals surface area contributed by atoms with Crippen molar-refractivity contribution in [1.82, 2.24) is 0 Å². The van der Waals surface area contributed by atoms with Crippen molar-refractivity contribution in [3.8, 4) is 0 Å². The van der Waals surface area contributed by atoms with Gasteiger partial charge in [0.05, 0.1) is 18.1 Å². The maximum absolute atomic E-state index is 14.3. The van der Waals surface area contributed by atoms with Crippen LogP contribution in [-0.2, 0) is 9.47 Å². The zero-order chi connectivity index (χ0) is 14.8. The van der Waals surface area contributed by atoms with E-state index < -0.39 is 12.0 Å². The lowest BCUT2D eigenvalue weighted by atomic mass is 9.82. The molecule has 0 aliphatic heterocycles. The first-order valence-electron chi connectivity index (χ1n) is 8.00. The van der Waals surface area contributed by atoms with Crippen LogP contribution in [0, 0.1) is 17.8 Å². The third-order valence-corrected chi connectivity index (χ3v) is 5.18. The lowest BCUT2D eigenvalue weighted by molar-refractivity contribution is -0.309. The summed E-state index contributed by atoms with van der Waals surface area (Å²) in [6.45, 7) is 4.14. The third-order valence-electron chi connectivity index (χ3n) is 5.18. The second-order valence-corrected chi connectivity index (χ2v) is 6.82. The molecule has 3 unspecified atom stereocenters. The summed E-state index contributed by atoms with van der Waals surface area (Å²) in [6, 6.07) is 0. The molecule has 0 saturated heterocycles. The zero-order valence-electron chi connectivity index (χ0n) is 12.9. The summed E-state index contributed by atoms with van der Waals surface area (Å²) in [7, 11) is 1.69. The molecule has 3 atom stereocenters. The quantitative estimate of drug-likeness (QED) is 0.752. The van der Waals surface area contributed by atoms with E-state index in [0.29, 0.717) is 25.2 Å². The van der Waals surface area contributed by atoms with Gasteiger partial charge in [0.15, 0.2) is 0 Å². The van der Waals surface area contributed by atoms with Crippen molar-refractivity contribution in [1.29, 1.82) is 0 Å². The zero-order valence-corrected chi connectivity index (χ0v) is 12.9. The number of alkyl halides is 2. The van der Waals surface area contributed by atoms with Gasteiger partial charge >= 0.3 is 6.11 Å². The molecule has 2 aliphatic rings. The van der Waals surface area contributed by atoms with Crippen molar-refractivity contribution < 1.29 is 18.3 Å². The molecule has 0 N–H and O–H groups in total. The number of hydrogen-bond donors (Lipinski definition) is 0. The Hall–Kier alpha value is -0.220. The van der Waals surface area contributed by atoms with Gasteiger partial charge in [-0.2, -0.15) is 8.78 Å². The van der Waals surface area contributed by atoms with Crippen molar-refractivity contribution in [2.75, 3.05) is 7.11 Å². The molecule has 0 radical (unpaired) electrons. The number of hydrogen-bond acceptors (Lipinski definition) is 2. The van der Waals surface area contributed by atoms with E-state index in [1.165, 1.54) is 0 Å². The Labute approximate surface area is 121 Å². The minimum Gasteiger partial charge on any atom is -0.381 e. The number of ether oxygens (including phenoxy) is 2. The van der Waals surface area contributed by atoms with Crippen molar-refractivity contribution >= 4 is 0 Å². The van der Waals surface area contributed by atoms with E-state index in [1.807, 2.05) is 6.92 Å². The molecule has 4 heteroatoms. The van der Waals surface area contributed by atoms with Gasteiger partial charge in [0.1, 0.15) is 0 Å². The van der Waals surface area contributed by atoms with E-state index in [1.54, 1.807) is 7.11 Å². The van der Waals surface area contributed by atoms with Crippen LogP contribution in [0.5, 0.6) is 0 Å². The average Bonchev–Trinajstić information content (AvgIpc) is 2.41. The fourth-order valence-corrected chi connectivity index (χ4v) is 3.60. The van der Waals surface area contributed by atoms with Crippen LogP contribution in [-0.4, -0.2) is 25.4 Å². The molecule has 2 rings (SSSR count). The highest BCUT2D eigenvalue weighted by Crippen LogP contribution is 2.42. The fourth-order valence-electron chi connectivity index (χ4n) is 3.60. The highest BCUT2D eigenvalue weighted by Gasteiger charge is 2.45. The predicted molar refractivity (Wildman–Crippen MR) is 74.8 cm³/mol. The van der Waals surface area contributed by atoms with E-state index in [4.69, 9.17) is 9.47 Å². The van der Waals surface area contributed by atoms with Crippen LogP contribution in [0.1, 0.15) is 58.8 Å². The largest absolute Gasteiger partial charge is 0.381 e. The Morgan fingerprint density at radius 1 is 0.950 bits per heavy atom. The van der Waals surface area contributed by atoms with Crippen molar-refractivity contribution in [3.05, 3.63) is 0 Å². The maximum atomic E-state index is 14.3. The summed E-state index contributed by atoms with van der Waals surface area (Å²) in [5.41, 5.74) is 0. The molecule has 0 aromatic carbocycles. The van der Waals surface area contributed by atoms with Crippen molar-refractivity contribution in [3.63, 3.8) is 0 Å². The Bertz CT molecular complexity index is 301. The van der Waals surface area contributed by atoms with Crippen LogP contribution in [0.3, 0.4) is 0 Å². The molecular weight excluding hydrogens is 262 g/mol. The second kappa shape index (κ2) is 6.69. The molecule has 2 saturated carbocycles. The SMILES string of the molecule is COC1CCC(OC(F)(F)C2CCC(C)CC2)C(C)C1. The normalized spacial score (nSPS) is 39.8. The summed E-state index contributed by atoms with van der Waals surface area (Å²) < 4.78 is 39.2. The maximum Gasteiger partial charge on any atom is 0.358 e. The minimum absolute atomic E-state index is 0.141. The summed E-state index contributed by atoms with van der Waals surface area (Å²) >= 11 is 0. The van der Waals surface area contributed by atoms with Gasteiger partial charge < -0.3 is 9.47 Å². The van der Waals surface area contributed by atoms with E-state index in [0.717, 1.165) is 25.7 Å². The monoisotopic (exact) mass is 290 g/mol.